The van der Waals surface area contributed by atoms with Gasteiger partial charge in [0, 0.05) is 16.6 Å². The molecule has 0 aliphatic heterocycles. The quantitative estimate of drug-likeness (QED) is 0.765. The summed E-state index contributed by atoms with van der Waals surface area (Å²) < 4.78 is 0. The Morgan fingerprint density at radius 1 is 1.05 bits per heavy atom. The summed E-state index contributed by atoms with van der Waals surface area (Å²) >= 11 is 5.99. The maximum Gasteiger partial charge on any atom is 0.335 e. The van der Waals surface area contributed by atoms with E-state index in [0.717, 1.165) is 22.0 Å². The number of aromatic carboxylic acids is 1. The first-order valence-corrected chi connectivity index (χ1v) is 6.40. The van der Waals surface area contributed by atoms with Crippen molar-refractivity contribution in [3.8, 4) is 11.1 Å². The van der Waals surface area contributed by atoms with Crippen LogP contribution in [0.3, 0.4) is 0 Å². The Bertz CT molecular complexity index is 814. The molecule has 0 unspecified atom stereocenters. The fourth-order valence-corrected chi connectivity index (χ4v) is 2.37. The van der Waals surface area contributed by atoms with Gasteiger partial charge in [0.15, 0.2) is 0 Å². The molecule has 1 aromatic heterocycles. The van der Waals surface area contributed by atoms with Crippen LogP contribution in [0.15, 0.2) is 54.7 Å². The van der Waals surface area contributed by atoms with E-state index in [1.54, 1.807) is 18.3 Å². The van der Waals surface area contributed by atoms with Gasteiger partial charge in [-0.25, -0.2) is 4.79 Å². The van der Waals surface area contributed by atoms with Crippen LogP contribution in [-0.2, 0) is 0 Å². The molecule has 1 heterocycles. The Morgan fingerprint density at radius 3 is 2.70 bits per heavy atom. The highest BCUT2D eigenvalue weighted by molar-refractivity contribution is 6.31. The third-order valence-electron chi connectivity index (χ3n) is 3.08. The van der Waals surface area contributed by atoms with Crippen molar-refractivity contribution >= 4 is 28.5 Å². The smallest absolute Gasteiger partial charge is 0.335 e. The predicted octanol–water partition coefficient (Wildman–Crippen LogP) is 4.25. The molecule has 0 aliphatic carbocycles. The van der Waals surface area contributed by atoms with Gasteiger partial charge < -0.3 is 5.11 Å². The molecule has 2 aromatic carbocycles. The molecular weight excluding hydrogens is 274 g/mol. The molecule has 0 atom stereocenters. The number of pyridine rings is 1. The number of carboxylic acid groups (broad SMARTS) is 1. The maximum absolute atomic E-state index is 11.1. The van der Waals surface area contributed by atoms with E-state index in [0.29, 0.717) is 5.02 Å². The van der Waals surface area contributed by atoms with Crippen molar-refractivity contribution in [2.45, 2.75) is 0 Å². The Balaban J connectivity index is 2.17. The SMILES string of the molecule is O=C(O)c1cc(Cl)cc(-c2ccc3ncccc3c2)c1. The van der Waals surface area contributed by atoms with Crippen molar-refractivity contribution in [2.24, 2.45) is 0 Å². The third kappa shape index (κ3) is 2.36. The van der Waals surface area contributed by atoms with Gasteiger partial charge in [0.1, 0.15) is 0 Å². The molecule has 1 N–H and O–H groups in total. The fourth-order valence-electron chi connectivity index (χ4n) is 2.13. The van der Waals surface area contributed by atoms with Gasteiger partial charge in [-0.2, -0.15) is 0 Å². The summed E-state index contributed by atoms with van der Waals surface area (Å²) in [5.74, 6) is -0.990. The first-order valence-electron chi connectivity index (χ1n) is 6.02. The summed E-state index contributed by atoms with van der Waals surface area (Å²) in [4.78, 5) is 15.3. The van der Waals surface area contributed by atoms with Gasteiger partial charge in [0.25, 0.3) is 0 Å². The molecule has 0 saturated heterocycles. The second kappa shape index (κ2) is 4.94. The topological polar surface area (TPSA) is 50.2 Å². The highest BCUT2D eigenvalue weighted by Gasteiger charge is 2.08. The van der Waals surface area contributed by atoms with E-state index in [1.165, 1.54) is 6.07 Å². The molecule has 3 aromatic rings. The number of halogens is 1. The van der Waals surface area contributed by atoms with E-state index < -0.39 is 5.97 Å². The van der Waals surface area contributed by atoms with Crippen LogP contribution in [0.5, 0.6) is 0 Å². The normalized spacial score (nSPS) is 10.7. The number of fused-ring (bicyclic) bond motifs is 1. The summed E-state index contributed by atoms with van der Waals surface area (Å²) in [6.07, 6.45) is 1.74. The molecule has 0 bridgehead atoms. The van der Waals surface area contributed by atoms with E-state index >= 15 is 0 Å². The Hall–Kier alpha value is -2.39. The Morgan fingerprint density at radius 2 is 1.90 bits per heavy atom. The van der Waals surface area contributed by atoms with Gasteiger partial charge in [-0.15, -0.1) is 0 Å². The minimum Gasteiger partial charge on any atom is -0.478 e. The molecule has 0 fully saturated rings. The third-order valence-corrected chi connectivity index (χ3v) is 3.30. The van der Waals surface area contributed by atoms with Crippen LogP contribution in [0.2, 0.25) is 5.02 Å². The largest absolute Gasteiger partial charge is 0.478 e. The van der Waals surface area contributed by atoms with Gasteiger partial charge >= 0.3 is 5.97 Å². The fraction of sp³-hybridized carbons (Fsp3) is 0. The van der Waals surface area contributed by atoms with E-state index in [-0.39, 0.29) is 5.56 Å². The summed E-state index contributed by atoms with van der Waals surface area (Å²) in [6, 6.07) is 14.4. The van der Waals surface area contributed by atoms with Crippen LogP contribution in [0.25, 0.3) is 22.0 Å². The summed E-state index contributed by atoms with van der Waals surface area (Å²) in [5.41, 5.74) is 2.77. The average molecular weight is 284 g/mol. The minimum absolute atomic E-state index is 0.179. The molecule has 0 amide bonds. The number of hydrogen-bond donors (Lipinski definition) is 1. The number of benzene rings is 2. The lowest BCUT2D eigenvalue weighted by Crippen LogP contribution is -1.96. The average Bonchev–Trinajstić information content (AvgIpc) is 2.46. The number of rotatable bonds is 2. The van der Waals surface area contributed by atoms with Crippen molar-refractivity contribution in [3.05, 3.63) is 65.3 Å². The van der Waals surface area contributed by atoms with Crippen LogP contribution < -0.4 is 0 Å². The summed E-state index contributed by atoms with van der Waals surface area (Å²) in [6.45, 7) is 0. The summed E-state index contributed by atoms with van der Waals surface area (Å²) in [7, 11) is 0. The van der Waals surface area contributed by atoms with Crippen LogP contribution in [0, 0.1) is 0 Å². The highest BCUT2D eigenvalue weighted by atomic mass is 35.5. The maximum atomic E-state index is 11.1. The monoisotopic (exact) mass is 283 g/mol. The zero-order valence-corrected chi connectivity index (χ0v) is 11.1. The van der Waals surface area contributed by atoms with E-state index in [1.807, 2.05) is 30.3 Å². The van der Waals surface area contributed by atoms with E-state index in [4.69, 9.17) is 16.7 Å². The van der Waals surface area contributed by atoms with E-state index in [9.17, 15) is 4.79 Å². The molecule has 0 radical (unpaired) electrons. The second-order valence-corrected chi connectivity index (χ2v) is 4.88. The lowest BCUT2D eigenvalue weighted by molar-refractivity contribution is 0.0697. The van der Waals surface area contributed by atoms with Gasteiger partial charge in [-0.05, 0) is 47.5 Å². The van der Waals surface area contributed by atoms with Gasteiger partial charge in [-0.3, -0.25) is 4.98 Å². The number of hydrogen-bond acceptors (Lipinski definition) is 2. The van der Waals surface area contributed by atoms with Gasteiger partial charge in [0.05, 0.1) is 11.1 Å². The molecule has 3 nitrogen and oxygen atoms in total. The van der Waals surface area contributed by atoms with Crippen molar-refractivity contribution < 1.29 is 9.90 Å². The molecule has 20 heavy (non-hydrogen) atoms. The lowest BCUT2D eigenvalue weighted by atomic mass is 10.0. The number of carboxylic acids is 1. The van der Waals surface area contributed by atoms with Crippen molar-refractivity contribution in [1.82, 2.24) is 4.98 Å². The highest BCUT2D eigenvalue weighted by Crippen LogP contribution is 2.27. The zero-order chi connectivity index (χ0) is 14.1. The molecule has 98 valence electrons. The molecule has 0 aliphatic rings. The Kier molecular flexibility index (Phi) is 3.12. The van der Waals surface area contributed by atoms with Gasteiger partial charge in [0.2, 0.25) is 0 Å². The number of carbonyl (C=O) groups is 1. The van der Waals surface area contributed by atoms with Crippen LogP contribution in [-0.4, -0.2) is 16.1 Å². The summed E-state index contributed by atoms with van der Waals surface area (Å²) in [5, 5.41) is 10.5. The van der Waals surface area contributed by atoms with Crippen LogP contribution >= 0.6 is 11.6 Å². The van der Waals surface area contributed by atoms with Crippen LogP contribution in [0.1, 0.15) is 10.4 Å². The Labute approximate surface area is 120 Å². The predicted molar refractivity (Wildman–Crippen MR) is 79.1 cm³/mol. The lowest BCUT2D eigenvalue weighted by Gasteiger charge is -2.06. The molecule has 0 saturated carbocycles. The number of nitrogens with zero attached hydrogens (tertiary/aromatic N) is 1. The zero-order valence-electron chi connectivity index (χ0n) is 10.4. The van der Waals surface area contributed by atoms with Gasteiger partial charge in [-0.1, -0.05) is 23.7 Å². The molecule has 3 rings (SSSR count). The molecular formula is C16H10ClNO2. The van der Waals surface area contributed by atoms with Crippen molar-refractivity contribution in [2.75, 3.05) is 0 Å². The second-order valence-electron chi connectivity index (χ2n) is 4.44. The first kappa shape index (κ1) is 12.6. The minimum atomic E-state index is -0.990. The van der Waals surface area contributed by atoms with E-state index in [2.05, 4.69) is 4.98 Å². The first-order chi connectivity index (χ1) is 9.63. The number of aromatic nitrogens is 1. The van der Waals surface area contributed by atoms with Crippen molar-refractivity contribution in [1.29, 1.82) is 0 Å². The molecule has 0 spiro atoms. The standard InChI is InChI=1S/C16H10ClNO2/c17-14-8-12(7-13(9-14)16(19)20)10-3-4-15-11(6-10)2-1-5-18-15/h1-9H,(H,19,20). The molecule has 4 heteroatoms. The van der Waals surface area contributed by atoms with Crippen molar-refractivity contribution in [3.63, 3.8) is 0 Å². The van der Waals surface area contributed by atoms with Crippen LogP contribution in [0.4, 0.5) is 0 Å².